The summed E-state index contributed by atoms with van der Waals surface area (Å²) in [6.45, 7) is -0.107. The summed E-state index contributed by atoms with van der Waals surface area (Å²) in [6, 6.07) is 19.1. The van der Waals surface area contributed by atoms with Crippen LogP contribution in [0.15, 0.2) is 76.3 Å². The summed E-state index contributed by atoms with van der Waals surface area (Å²) in [5.74, 6) is 0. The normalized spacial score (nSPS) is 11.8. The highest BCUT2D eigenvalue weighted by atomic mass is 19.4. The Morgan fingerprint density at radius 1 is 0.914 bits per heavy atom. The molecule has 35 heavy (non-hydrogen) atoms. The Labute approximate surface area is 199 Å². The number of aliphatic hydroxyl groups excluding tert-OH is 1. The van der Waals surface area contributed by atoms with Crippen molar-refractivity contribution in [3.05, 3.63) is 104 Å². The van der Waals surface area contributed by atoms with E-state index >= 15 is 0 Å². The third-order valence-electron chi connectivity index (χ3n) is 6.04. The fourth-order valence-corrected chi connectivity index (χ4v) is 4.42. The number of benzene rings is 3. The van der Waals surface area contributed by atoms with Gasteiger partial charge in [-0.2, -0.15) is 13.2 Å². The number of hydrogen-bond donors (Lipinski definition) is 1. The maximum atomic E-state index is 13.6. The van der Waals surface area contributed by atoms with E-state index in [1.54, 1.807) is 31.3 Å². The number of aliphatic hydroxyl groups is 1. The minimum atomic E-state index is -4.34. The van der Waals surface area contributed by atoms with Gasteiger partial charge in [0.15, 0.2) is 0 Å². The minimum Gasteiger partial charge on any atom is -0.396 e. The zero-order valence-electron chi connectivity index (χ0n) is 19.2. The highest BCUT2D eigenvalue weighted by Gasteiger charge is 2.28. The predicted octanol–water partition coefficient (Wildman–Crippen LogP) is 4.45. The van der Waals surface area contributed by atoms with E-state index in [1.807, 2.05) is 30.3 Å². The molecule has 0 saturated carbocycles. The summed E-state index contributed by atoms with van der Waals surface area (Å²) in [6.07, 6.45) is -4.79. The summed E-state index contributed by atoms with van der Waals surface area (Å²) in [7, 11) is 1.58. The molecule has 0 aliphatic carbocycles. The van der Waals surface area contributed by atoms with Crippen molar-refractivity contribution in [1.82, 2.24) is 9.13 Å². The van der Waals surface area contributed by atoms with Gasteiger partial charge in [-0.1, -0.05) is 60.7 Å². The van der Waals surface area contributed by atoms with Crippen molar-refractivity contribution >= 4 is 10.9 Å². The summed E-state index contributed by atoms with van der Waals surface area (Å²) < 4.78 is 41.6. The van der Waals surface area contributed by atoms with Gasteiger partial charge in [0, 0.05) is 20.2 Å². The number of halogens is 3. The maximum absolute atomic E-state index is 13.6. The zero-order valence-corrected chi connectivity index (χ0v) is 19.2. The lowest BCUT2D eigenvalue weighted by molar-refractivity contribution is -0.127. The van der Waals surface area contributed by atoms with E-state index in [-0.39, 0.29) is 25.1 Å². The van der Waals surface area contributed by atoms with Gasteiger partial charge in [0.25, 0.3) is 5.56 Å². The van der Waals surface area contributed by atoms with Crippen LogP contribution in [0.1, 0.15) is 23.1 Å². The fraction of sp³-hybridized carbons (Fsp3) is 0.259. The Morgan fingerprint density at radius 3 is 2.31 bits per heavy atom. The van der Waals surface area contributed by atoms with Crippen LogP contribution in [0.25, 0.3) is 22.0 Å². The van der Waals surface area contributed by atoms with Gasteiger partial charge in [-0.15, -0.1) is 0 Å². The van der Waals surface area contributed by atoms with Crippen LogP contribution in [-0.2, 0) is 26.4 Å². The first kappa shape index (κ1) is 24.5. The van der Waals surface area contributed by atoms with Crippen molar-refractivity contribution in [3.8, 4) is 11.1 Å². The van der Waals surface area contributed by atoms with Gasteiger partial charge in [-0.3, -0.25) is 13.9 Å². The molecule has 4 aromatic rings. The smallest absolute Gasteiger partial charge is 0.393 e. The summed E-state index contributed by atoms with van der Waals surface area (Å²) in [5, 5.41) is 9.58. The lowest BCUT2D eigenvalue weighted by atomic mass is 9.91. The molecule has 0 aliphatic rings. The molecule has 8 heteroatoms. The Balaban J connectivity index is 2.01. The number of alkyl halides is 3. The molecule has 4 rings (SSSR count). The molecule has 0 bridgehead atoms. The molecule has 0 unspecified atom stereocenters. The Bertz CT molecular complexity index is 1470. The van der Waals surface area contributed by atoms with Gasteiger partial charge in [0.05, 0.1) is 17.3 Å². The van der Waals surface area contributed by atoms with E-state index < -0.39 is 23.8 Å². The molecule has 0 fully saturated rings. The van der Waals surface area contributed by atoms with E-state index in [9.17, 15) is 27.9 Å². The molecule has 0 radical (unpaired) electrons. The molecule has 5 nitrogen and oxygen atoms in total. The molecule has 182 valence electrons. The third kappa shape index (κ3) is 5.22. The van der Waals surface area contributed by atoms with Crippen molar-refractivity contribution in [3.63, 3.8) is 0 Å². The van der Waals surface area contributed by atoms with Crippen LogP contribution in [0.5, 0.6) is 0 Å². The highest BCUT2D eigenvalue weighted by molar-refractivity contribution is 5.89. The van der Waals surface area contributed by atoms with E-state index in [4.69, 9.17) is 0 Å². The number of rotatable bonds is 7. The summed E-state index contributed by atoms with van der Waals surface area (Å²) >= 11 is 0. The largest absolute Gasteiger partial charge is 0.396 e. The van der Waals surface area contributed by atoms with Crippen LogP contribution in [0, 0.1) is 0 Å². The monoisotopic (exact) mass is 482 g/mol. The van der Waals surface area contributed by atoms with E-state index in [1.165, 1.54) is 16.7 Å². The van der Waals surface area contributed by atoms with Crippen LogP contribution in [0.3, 0.4) is 0 Å². The van der Waals surface area contributed by atoms with Crippen LogP contribution in [0.4, 0.5) is 13.2 Å². The Morgan fingerprint density at radius 2 is 1.63 bits per heavy atom. The molecule has 0 aliphatic heterocycles. The van der Waals surface area contributed by atoms with Gasteiger partial charge in [0.2, 0.25) is 0 Å². The van der Waals surface area contributed by atoms with Gasteiger partial charge in [0.1, 0.15) is 0 Å². The number of aromatic nitrogens is 2. The van der Waals surface area contributed by atoms with Crippen molar-refractivity contribution in [2.75, 3.05) is 6.61 Å². The second kappa shape index (κ2) is 9.92. The maximum Gasteiger partial charge on any atom is 0.393 e. The standard InChI is InChI=1S/C27H25F3N2O3/c1-31-23-12-11-21(20-10-5-9-19(15-20)17-27(28,29)30)22(16-18-7-3-2-4-8-18)24(23)25(34)32(26(31)35)13-6-14-33/h2-5,7-12,15,33H,6,13-14,16-17H2,1H3. The third-order valence-corrected chi connectivity index (χ3v) is 6.04. The first-order valence-corrected chi connectivity index (χ1v) is 11.3. The molecule has 1 N–H and O–H groups in total. The molecule has 0 amide bonds. The van der Waals surface area contributed by atoms with E-state index in [0.29, 0.717) is 34.0 Å². The van der Waals surface area contributed by atoms with E-state index in [2.05, 4.69) is 0 Å². The quantitative estimate of drug-likeness (QED) is 0.424. The summed E-state index contributed by atoms with van der Waals surface area (Å²) in [4.78, 5) is 26.4. The van der Waals surface area contributed by atoms with Crippen molar-refractivity contribution < 1.29 is 18.3 Å². The Kier molecular flexibility index (Phi) is 6.93. The van der Waals surface area contributed by atoms with Gasteiger partial charge in [-0.05, 0) is 46.7 Å². The molecule has 3 aromatic carbocycles. The lowest BCUT2D eigenvalue weighted by Gasteiger charge is -2.18. The molecule has 1 heterocycles. The number of hydrogen-bond acceptors (Lipinski definition) is 3. The van der Waals surface area contributed by atoms with Gasteiger partial charge >= 0.3 is 11.9 Å². The molecular formula is C27H25F3N2O3. The molecule has 0 spiro atoms. The van der Waals surface area contributed by atoms with Gasteiger partial charge < -0.3 is 5.11 Å². The zero-order chi connectivity index (χ0) is 25.2. The van der Waals surface area contributed by atoms with Crippen molar-refractivity contribution in [2.45, 2.75) is 32.0 Å². The second-order valence-corrected chi connectivity index (χ2v) is 8.52. The number of nitrogens with zero attached hydrogens (tertiary/aromatic N) is 2. The first-order valence-electron chi connectivity index (χ1n) is 11.3. The van der Waals surface area contributed by atoms with Crippen molar-refractivity contribution in [2.24, 2.45) is 7.05 Å². The first-order chi connectivity index (χ1) is 16.7. The highest BCUT2D eigenvalue weighted by Crippen LogP contribution is 2.32. The molecule has 1 aromatic heterocycles. The average Bonchev–Trinajstić information content (AvgIpc) is 2.82. The predicted molar refractivity (Wildman–Crippen MR) is 130 cm³/mol. The van der Waals surface area contributed by atoms with E-state index in [0.717, 1.165) is 10.1 Å². The number of aryl methyl sites for hydroxylation is 1. The Hall–Kier alpha value is -3.65. The SMILES string of the molecule is Cn1c(=O)n(CCCO)c(=O)c2c(Cc3ccccc3)c(-c3cccc(CC(F)(F)F)c3)ccc21. The van der Waals surface area contributed by atoms with Crippen LogP contribution in [0.2, 0.25) is 0 Å². The fourth-order valence-electron chi connectivity index (χ4n) is 4.42. The summed E-state index contributed by atoms with van der Waals surface area (Å²) in [5.41, 5.74) is 2.36. The van der Waals surface area contributed by atoms with Crippen LogP contribution < -0.4 is 11.2 Å². The van der Waals surface area contributed by atoms with Gasteiger partial charge in [-0.25, -0.2) is 4.79 Å². The number of fused-ring (bicyclic) bond motifs is 1. The minimum absolute atomic E-state index is 0.0635. The molecular weight excluding hydrogens is 457 g/mol. The van der Waals surface area contributed by atoms with Crippen LogP contribution in [-0.4, -0.2) is 27.0 Å². The molecule has 0 atom stereocenters. The van der Waals surface area contributed by atoms with Crippen LogP contribution >= 0.6 is 0 Å². The topological polar surface area (TPSA) is 64.2 Å². The second-order valence-electron chi connectivity index (χ2n) is 8.52. The average molecular weight is 483 g/mol. The molecule has 0 saturated heterocycles. The lowest BCUT2D eigenvalue weighted by Crippen LogP contribution is -2.39. The van der Waals surface area contributed by atoms with Crippen molar-refractivity contribution in [1.29, 1.82) is 0 Å².